The summed E-state index contributed by atoms with van der Waals surface area (Å²) in [6.07, 6.45) is 12.2. The lowest BCUT2D eigenvalue weighted by atomic mass is 10.3. The molecule has 2 unspecified atom stereocenters. The van der Waals surface area contributed by atoms with Gasteiger partial charge in [0.15, 0.2) is 0 Å². The fourth-order valence-corrected chi connectivity index (χ4v) is 4.61. The van der Waals surface area contributed by atoms with Gasteiger partial charge in [-0.2, -0.15) is 16.8 Å². The highest BCUT2D eigenvalue weighted by Gasteiger charge is 2.29. The van der Waals surface area contributed by atoms with Crippen LogP contribution in [0.5, 0.6) is 0 Å². The van der Waals surface area contributed by atoms with Crippen LogP contribution in [0.4, 0.5) is 0 Å². The zero-order valence-electron chi connectivity index (χ0n) is 19.6. The van der Waals surface area contributed by atoms with Gasteiger partial charge in [-0.1, -0.05) is 26.7 Å². The molecule has 0 fully saturated rings. The maximum atomic E-state index is 11.1. The highest BCUT2D eigenvalue weighted by atomic mass is 32.3. The summed E-state index contributed by atoms with van der Waals surface area (Å²) in [4.78, 5) is 0. The maximum Gasteiger partial charge on any atom is 0.307 e. The van der Waals surface area contributed by atoms with Crippen molar-refractivity contribution < 1.29 is 57.8 Å². The molecule has 0 spiro atoms. The molecule has 0 aromatic carbocycles. The van der Waals surface area contributed by atoms with Crippen LogP contribution < -0.4 is 15.0 Å². The van der Waals surface area contributed by atoms with Gasteiger partial charge in [0.05, 0.1) is 14.1 Å². The van der Waals surface area contributed by atoms with Crippen LogP contribution in [0, 0.1) is 0 Å². The van der Waals surface area contributed by atoms with E-state index in [4.69, 9.17) is 31.8 Å². The first kappa shape index (κ1) is 35.2. The van der Waals surface area contributed by atoms with E-state index in [-0.39, 0.29) is 0 Å². The van der Waals surface area contributed by atoms with Crippen molar-refractivity contribution in [1.29, 1.82) is 0 Å². The van der Waals surface area contributed by atoms with Crippen LogP contribution in [0.25, 0.3) is 0 Å². The molecule has 2 aromatic rings. The number of nitrogens with two attached hydrogens (primary N) is 1. The Balaban J connectivity index is 0. The highest BCUT2D eigenvalue weighted by molar-refractivity contribution is 7.85. The van der Waals surface area contributed by atoms with E-state index in [0.29, 0.717) is 25.7 Å². The van der Waals surface area contributed by atoms with Crippen molar-refractivity contribution in [3.63, 3.8) is 0 Å². The third-order valence-electron chi connectivity index (χ3n) is 4.00. The summed E-state index contributed by atoms with van der Waals surface area (Å²) in [6, 6.07) is 0. The van der Waals surface area contributed by atoms with E-state index in [1.54, 1.807) is 60.7 Å². The summed E-state index contributed by atoms with van der Waals surface area (Å²) in [5, 5.41) is 4.77. The fourth-order valence-electron chi connectivity index (χ4n) is 2.68. The van der Waals surface area contributed by atoms with E-state index in [1.165, 1.54) is 9.13 Å². The largest absolute Gasteiger partial charge is 0.759 e. The molecule has 2 rings (SSSR count). The van der Waals surface area contributed by atoms with Crippen LogP contribution in [0.1, 0.15) is 50.3 Å². The summed E-state index contributed by atoms with van der Waals surface area (Å²) in [6.45, 7) is 3.75. The molecule has 35 heavy (non-hydrogen) atoms. The van der Waals surface area contributed by atoms with Gasteiger partial charge in [-0.05, 0) is 0 Å². The van der Waals surface area contributed by atoms with Gasteiger partial charge >= 0.3 is 20.2 Å². The Morgan fingerprint density at radius 2 is 1.03 bits per heavy atom. The van der Waals surface area contributed by atoms with Gasteiger partial charge < -0.3 is 14.3 Å². The van der Waals surface area contributed by atoms with Crippen LogP contribution in [-0.4, -0.2) is 57.8 Å². The Hall–Kier alpha value is -1.97. The second-order valence-electron chi connectivity index (χ2n) is 6.98. The SMILES string of the molecule is CCCC([n+]1ccn(C)c1)S(=O)(=O)O.CCCC([n+]1ccn(C)c1)S(=O)(=O)O.NO.O=S(=O)([O-])[O-]. The molecule has 2 heterocycles. The van der Waals surface area contributed by atoms with Crippen molar-refractivity contribution in [1.82, 2.24) is 9.13 Å². The summed E-state index contributed by atoms with van der Waals surface area (Å²) in [5.74, 6) is 3.50. The van der Waals surface area contributed by atoms with Gasteiger partial charge in [-0.15, -0.1) is 0 Å². The molecular weight excluding hydrogens is 534 g/mol. The van der Waals surface area contributed by atoms with Gasteiger partial charge in [0.2, 0.25) is 23.4 Å². The van der Waals surface area contributed by atoms with Crippen molar-refractivity contribution >= 4 is 30.6 Å². The third-order valence-corrected chi connectivity index (χ3v) is 6.34. The Kier molecular flexibility index (Phi) is 16.0. The lowest BCUT2D eigenvalue weighted by Gasteiger charge is -2.08. The molecule has 0 aliphatic rings. The van der Waals surface area contributed by atoms with Gasteiger partial charge in [0.1, 0.15) is 24.8 Å². The van der Waals surface area contributed by atoms with Crippen molar-refractivity contribution in [3.05, 3.63) is 37.4 Å². The first-order chi connectivity index (χ1) is 15.9. The van der Waals surface area contributed by atoms with E-state index >= 15 is 0 Å². The van der Waals surface area contributed by atoms with Gasteiger partial charge in [0, 0.05) is 23.2 Å². The minimum Gasteiger partial charge on any atom is -0.759 e. The molecule has 16 nitrogen and oxygen atoms in total. The highest BCUT2D eigenvalue weighted by Crippen LogP contribution is 2.13. The van der Waals surface area contributed by atoms with Crippen LogP contribution in [0.15, 0.2) is 37.4 Å². The topological polar surface area (TPSA) is 253 Å². The smallest absolute Gasteiger partial charge is 0.307 e. The van der Waals surface area contributed by atoms with Crippen LogP contribution in [-0.2, 0) is 44.7 Å². The predicted molar refractivity (Wildman–Crippen MR) is 119 cm³/mol. The zero-order valence-corrected chi connectivity index (χ0v) is 22.1. The minimum atomic E-state index is -5.17. The number of hydrogen-bond acceptors (Lipinski definition) is 10. The number of imidazole rings is 2. The Morgan fingerprint density at radius 1 is 0.771 bits per heavy atom. The third kappa shape index (κ3) is 16.4. The number of rotatable bonds is 8. The first-order valence-corrected chi connectivity index (χ1v) is 14.1. The van der Waals surface area contributed by atoms with Crippen molar-refractivity contribution in [2.45, 2.75) is 50.3 Å². The van der Waals surface area contributed by atoms with Gasteiger partial charge in [0.25, 0.3) is 0 Å². The van der Waals surface area contributed by atoms with E-state index < -0.39 is 41.4 Å². The van der Waals surface area contributed by atoms with Gasteiger partial charge in [-0.3, -0.25) is 17.5 Å². The Morgan fingerprint density at radius 3 is 1.17 bits per heavy atom. The fraction of sp³-hybridized carbons (Fsp3) is 0.625. The normalized spacial score (nSPS) is 13.2. The van der Waals surface area contributed by atoms with Crippen molar-refractivity contribution in [2.75, 3.05) is 0 Å². The predicted octanol–water partition coefficient (Wildman–Crippen LogP) is -1.01. The summed E-state index contributed by atoms with van der Waals surface area (Å²) < 4.78 is 103. The molecule has 0 saturated heterocycles. The number of aromatic nitrogens is 4. The van der Waals surface area contributed by atoms with E-state index in [9.17, 15) is 16.8 Å². The Bertz CT molecular complexity index is 1090. The Labute approximate surface area is 205 Å². The molecule has 0 saturated carbocycles. The molecule has 0 radical (unpaired) electrons. The summed E-state index contributed by atoms with van der Waals surface area (Å²) in [5.41, 5.74) is 0. The second kappa shape index (κ2) is 15.9. The second-order valence-corrected chi connectivity index (χ2v) is 10.9. The molecular formula is C16H33N5O11S3. The molecule has 2 aromatic heterocycles. The maximum absolute atomic E-state index is 11.1. The monoisotopic (exact) mass is 567 g/mol. The lowest BCUT2D eigenvalue weighted by molar-refractivity contribution is -0.702. The number of hydrogen-bond donors (Lipinski definition) is 4. The van der Waals surface area contributed by atoms with Crippen LogP contribution in [0.3, 0.4) is 0 Å². The molecule has 5 N–H and O–H groups in total. The molecule has 0 aliphatic carbocycles. The zero-order chi connectivity index (χ0) is 28.0. The first-order valence-electron chi connectivity index (χ1n) is 9.80. The minimum absolute atomic E-state index is 0.410. The van der Waals surface area contributed by atoms with E-state index in [1.807, 2.05) is 13.8 Å². The standard InChI is InChI=1S/2C8H14N2O3S.H3NO.H2O4S/c2*1-3-4-8(14(11,12)13)10-6-5-9(2)7-10;1-2;1-5(2,3)4/h2*5-8H,3-4H2,1-2H3;2H,1H2;(H2,1,2,3,4). The number of aryl methyl sites for hydroxylation is 2. The number of nitrogens with zero attached hydrogens (tertiary/aromatic N) is 4. The summed E-state index contributed by atoms with van der Waals surface area (Å²) in [7, 11) is -9.61. The van der Waals surface area contributed by atoms with E-state index in [2.05, 4.69) is 5.90 Å². The quantitative estimate of drug-likeness (QED) is 0.130. The molecule has 2 atom stereocenters. The molecule has 0 bridgehead atoms. The van der Waals surface area contributed by atoms with E-state index in [0.717, 1.165) is 0 Å². The lowest BCUT2D eigenvalue weighted by Crippen LogP contribution is -2.42. The van der Waals surface area contributed by atoms with Crippen LogP contribution >= 0.6 is 0 Å². The summed E-state index contributed by atoms with van der Waals surface area (Å²) >= 11 is 0. The molecule has 0 aliphatic heterocycles. The average Bonchev–Trinajstić information content (AvgIpc) is 3.31. The van der Waals surface area contributed by atoms with Crippen molar-refractivity contribution in [2.24, 2.45) is 20.0 Å². The molecule has 0 amide bonds. The average molecular weight is 568 g/mol. The van der Waals surface area contributed by atoms with Crippen LogP contribution in [0.2, 0.25) is 0 Å². The molecule has 19 heteroatoms. The molecule has 206 valence electrons. The van der Waals surface area contributed by atoms with Gasteiger partial charge in [-0.25, -0.2) is 24.2 Å². The van der Waals surface area contributed by atoms with Crippen molar-refractivity contribution in [3.8, 4) is 0 Å².